The van der Waals surface area contributed by atoms with Crippen LogP contribution in [0.15, 0.2) is 5.16 Å². The van der Waals surface area contributed by atoms with E-state index in [-0.39, 0.29) is 11.9 Å². The lowest BCUT2D eigenvalue weighted by molar-refractivity contribution is 0.195. The number of amidine groups is 1. The van der Waals surface area contributed by atoms with Crippen molar-refractivity contribution in [3.8, 4) is 0 Å². The molecule has 0 aromatic heterocycles. The fraction of sp³-hybridized carbons (Fsp3) is 0.800. The van der Waals surface area contributed by atoms with Gasteiger partial charge in [0.25, 0.3) is 0 Å². The third-order valence-corrected chi connectivity index (χ3v) is 2.89. The highest BCUT2D eigenvalue weighted by molar-refractivity contribution is 5.81. The van der Waals surface area contributed by atoms with Gasteiger partial charge in [-0.25, -0.2) is 4.79 Å². The van der Waals surface area contributed by atoms with Crippen molar-refractivity contribution in [1.82, 2.24) is 10.2 Å². The van der Waals surface area contributed by atoms with Gasteiger partial charge in [-0.2, -0.15) is 0 Å². The van der Waals surface area contributed by atoms with Crippen molar-refractivity contribution in [3.05, 3.63) is 0 Å². The molecular formula is C10H18N4O2. The molecular weight excluding hydrogens is 208 g/mol. The molecule has 0 aliphatic heterocycles. The molecule has 6 heteroatoms. The summed E-state index contributed by atoms with van der Waals surface area (Å²) in [6, 6.07) is 0.721. The van der Waals surface area contributed by atoms with Gasteiger partial charge in [0.05, 0.1) is 0 Å². The van der Waals surface area contributed by atoms with Crippen molar-refractivity contribution in [1.29, 1.82) is 0 Å². The molecule has 16 heavy (non-hydrogen) atoms. The Morgan fingerprint density at radius 2 is 2.12 bits per heavy atom. The summed E-state index contributed by atoms with van der Waals surface area (Å²) >= 11 is 0. The molecule has 2 amide bonds. The number of amides is 2. The van der Waals surface area contributed by atoms with Crippen LogP contribution < -0.4 is 11.1 Å². The van der Waals surface area contributed by atoms with Gasteiger partial charge in [0.15, 0.2) is 0 Å². The first-order valence-electron chi connectivity index (χ1n) is 5.74. The molecule has 0 radical (unpaired) electrons. The summed E-state index contributed by atoms with van der Waals surface area (Å²) in [5.41, 5.74) is 5.40. The average molecular weight is 226 g/mol. The van der Waals surface area contributed by atoms with E-state index in [1.165, 1.54) is 0 Å². The Kier molecular flexibility index (Phi) is 3.17. The van der Waals surface area contributed by atoms with Crippen LogP contribution in [0.4, 0.5) is 4.79 Å². The highest BCUT2D eigenvalue weighted by atomic mass is 16.4. The van der Waals surface area contributed by atoms with Crippen LogP contribution in [-0.2, 0) is 0 Å². The van der Waals surface area contributed by atoms with E-state index in [2.05, 4.69) is 10.5 Å². The van der Waals surface area contributed by atoms with Crippen LogP contribution in [0.1, 0.15) is 32.1 Å². The van der Waals surface area contributed by atoms with Gasteiger partial charge in [0, 0.05) is 25.0 Å². The van der Waals surface area contributed by atoms with Crippen molar-refractivity contribution in [2.75, 3.05) is 6.54 Å². The zero-order valence-corrected chi connectivity index (χ0v) is 9.22. The van der Waals surface area contributed by atoms with E-state index >= 15 is 0 Å². The zero-order valence-electron chi connectivity index (χ0n) is 9.22. The van der Waals surface area contributed by atoms with E-state index in [4.69, 9.17) is 10.9 Å². The number of carbonyl (C=O) groups is 1. The summed E-state index contributed by atoms with van der Waals surface area (Å²) in [4.78, 5) is 13.6. The topological polar surface area (TPSA) is 91.0 Å². The molecule has 0 saturated heterocycles. The Labute approximate surface area is 94.5 Å². The lowest BCUT2D eigenvalue weighted by atomic mass is 10.3. The highest BCUT2D eigenvalue weighted by Crippen LogP contribution is 2.28. The fourth-order valence-electron chi connectivity index (χ4n) is 1.61. The monoisotopic (exact) mass is 226 g/mol. The van der Waals surface area contributed by atoms with Crippen LogP contribution in [0.25, 0.3) is 0 Å². The molecule has 2 aliphatic rings. The normalized spacial score (nSPS) is 20.6. The van der Waals surface area contributed by atoms with Gasteiger partial charge in [-0.15, -0.1) is 0 Å². The van der Waals surface area contributed by atoms with E-state index in [1.54, 1.807) is 4.90 Å². The van der Waals surface area contributed by atoms with Gasteiger partial charge in [-0.05, 0) is 25.7 Å². The van der Waals surface area contributed by atoms with Gasteiger partial charge in [-0.1, -0.05) is 5.16 Å². The first-order valence-corrected chi connectivity index (χ1v) is 5.74. The molecule has 0 atom stereocenters. The van der Waals surface area contributed by atoms with Gasteiger partial charge in [-0.3, -0.25) is 0 Å². The first kappa shape index (κ1) is 11.0. The number of nitrogens with two attached hydrogens (primary N) is 1. The predicted octanol–water partition coefficient (Wildman–Crippen LogP) is 0.459. The number of rotatable bonds is 5. The minimum Gasteiger partial charge on any atom is -0.409 e. The quantitative estimate of drug-likeness (QED) is 0.275. The van der Waals surface area contributed by atoms with Crippen LogP contribution in [0.3, 0.4) is 0 Å². The molecule has 2 aliphatic carbocycles. The lowest BCUT2D eigenvalue weighted by Gasteiger charge is -2.22. The Balaban J connectivity index is 1.81. The number of oxime groups is 1. The second kappa shape index (κ2) is 4.59. The molecule has 0 unspecified atom stereocenters. The minimum absolute atomic E-state index is 0.00394. The molecule has 6 nitrogen and oxygen atoms in total. The summed E-state index contributed by atoms with van der Waals surface area (Å²) in [6.45, 7) is 0.527. The molecule has 2 fully saturated rings. The van der Waals surface area contributed by atoms with Crippen LogP contribution in [0.2, 0.25) is 0 Å². The van der Waals surface area contributed by atoms with Crippen molar-refractivity contribution >= 4 is 11.9 Å². The van der Waals surface area contributed by atoms with Crippen molar-refractivity contribution in [3.63, 3.8) is 0 Å². The molecule has 0 heterocycles. The Hall–Kier alpha value is -1.46. The third kappa shape index (κ3) is 3.01. The SMILES string of the molecule is NC(CCN(C(=O)NC1CC1)C1CC1)=NO. The summed E-state index contributed by atoms with van der Waals surface area (Å²) in [5.74, 6) is 0.171. The molecule has 0 aromatic carbocycles. The molecule has 0 spiro atoms. The summed E-state index contributed by atoms with van der Waals surface area (Å²) in [5, 5.41) is 14.3. The maximum Gasteiger partial charge on any atom is 0.317 e. The van der Waals surface area contributed by atoms with Crippen LogP contribution >= 0.6 is 0 Å². The maximum absolute atomic E-state index is 11.8. The third-order valence-electron chi connectivity index (χ3n) is 2.89. The Bertz CT molecular complexity index is 297. The summed E-state index contributed by atoms with van der Waals surface area (Å²) in [6.07, 6.45) is 4.72. The average Bonchev–Trinajstić information content (AvgIpc) is 3.10. The molecule has 2 saturated carbocycles. The minimum atomic E-state index is -0.00394. The van der Waals surface area contributed by atoms with Crippen LogP contribution in [0.5, 0.6) is 0 Å². The van der Waals surface area contributed by atoms with Crippen LogP contribution in [0, 0.1) is 0 Å². The number of hydrogen-bond acceptors (Lipinski definition) is 3. The Morgan fingerprint density at radius 3 is 2.62 bits per heavy atom. The number of carbonyl (C=O) groups excluding carboxylic acids is 1. The summed E-state index contributed by atoms with van der Waals surface area (Å²) in [7, 11) is 0. The van der Waals surface area contributed by atoms with Crippen molar-refractivity contribution < 1.29 is 10.0 Å². The Morgan fingerprint density at radius 1 is 1.44 bits per heavy atom. The fourth-order valence-corrected chi connectivity index (χ4v) is 1.61. The van der Waals surface area contributed by atoms with Crippen molar-refractivity contribution in [2.45, 2.75) is 44.2 Å². The van der Waals surface area contributed by atoms with Gasteiger partial charge >= 0.3 is 6.03 Å². The van der Waals surface area contributed by atoms with Crippen LogP contribution in [-0.4, -0.2) is 40.6 Å². The number of hydrogen-bond donors (Lipinski definition) is 3. The van der Waals surface area contributed by atoms with E-state index in [0.717, 1.165) is 25.7 Å². The molecule has 2 rings (SSSR count). The van der Waals surface area contributed by atoms with E-state index in [0.29, 0.717) is 25.0 Å². The second-order valence-corrected chi connectivity index (χ2v) is 4.49. The standard InChI is InChI=1S/C10H18N4O2/c11-9(13-16)5-6-14(8-3-4-8)10(15)12-7-1-2-7/h7-8,16H,1-6H2,(H2,11,13)(H,12,15). The molecule has 0 bridgehead atoms. The van der Waals surface area contributed by atoms with Gasteiger partial charge in [0.2, 0.25) is 0 Å². The first-order chi connectivity index (χ1) is 7.70. The second-order valence-electron chi connectivity index (χ2n) is 4.49. The number of nitrogens with one attached hydrogen (secondary N) is 1. The zero-order chi connectivity index (χ0) is 11.5. The number of nitrogens with zero attached hydrogens (tertiary/aromatic N) is 2. The maximum atomic E-state index is 11.8. The highest BCUT2D eigenvalue weighted by Gasteiger charge is 2.34. The molecule has 4 N–H and O–H groups in total. The predicted molar refractivity (Wildman–Crippen MR) is 59.3 cm³/mol. The van der Waals surface area contributed by atoms with E-state index < -0.39 is 0 Å². The molecule has 0 aromatic rings. The lowest BCUT2D eigenvalue weighted by Crippen LogP contribution is -2.43. The number of urea groups is 1. The largest absolute Gasteiger partial charge is 0.409 e. The smallest absolute Gasteiger partial charge is 0.317 e. The van der Waals surface area contributed by atoms with Gasteiger partial charge < -0.3 is 21.2 Å². The molecule has 90 valence electrons. The van der Waals surface area contributed by atoms with E-state index in [1.807, 2.05) is 0 Å². The summed E-state index contributed by atoms with van der Waals surface area (Å²) < 4.78 is 0. The van der Waals surface area contributed by atoms with Crippen molar-refractivity contribution in [2.24, 2.45) is 10.9 Å². The van der Waals surface area contributed by atoms with E-state index in [9.17, 15) is 4.79 Å². The van der Waals surface area contributed by atoms with Gasteiger partial charge in [0.1, 0.15) is 5.84 Å².